The average molecular weight is 398 g/mol. The van der Waals surface area contributed by atoms with Gasteiger partial charge in [0, 0.05) is 16.4 Å². The van der Waals surface area contributed by atoms with Gasteiger partial charge >= 0.3 is 5.97 Å². The van der Waals surface area contributed by atoms with Gasteiger partial charge in [-0.25, -0.2) is 4.79 Å². The van der Waals surface area contributed by atoms with Crippen molar-refractivity contribution in [2.75, 3.05) is 18.6 Å². The third-order valence-electron chi connectivity index (χ3n) is 4.37. The molecule has 0 N–H and O–H groups in total. The number of rotatable bonds is 5. The Balaban J connectivity index is 2.10. The van der Waals surface area contributed by atoms with Gasteiger partial charge in [-0.05, 0) is 61.9 Å². The zero-order chi connectivity index (χ0) is 20.3. The Morgan fingerprint density at radius 3 is 2.50 bits per heavy atom. The minimum absolute atomic E-state index is 0.219. The summed E-state index contributed by atoms with van der Waals surface area (Å²) < 4.78 is 10.4. The predicted molar refractivity (Wildman–Crippen MR) is 109 cm³/mol. The number of amides is 1. The van der Waals surface area contributed by atoms with Crippen LogP contribution in [-0.4, -0.2) is 25.6 Å². The van der Waals surface area contributed by atoms with Gasteiger partial charge in [0.25, 0.3) is 5.91 Å². The van der Waals surface area contributed by atoms with E-state index in [4.69, 9.17) is 21.1 Å². The maximum Gasteiger partial charge on any atom is 0.340 e. The second-order valence-electron chi connectivity index (χ2n) is 6.13. The van der Waals surface area contributed by atoms with Crippen molar-refractivity contribution < 1.29 is 19.1 Å². The lowest BCUT2D eigenvalue weighted by Gasteiger charge is -2.18. The number of allylic oxidation sites excluding steroid dienone is 1. The van der Waals surface area contributed by atoms with Crippen LogP contribution in [0, 0.1) is 0 Å². The number of benzene rings is 2. The van der Waals surface area contributed by atoms with E-state index in [9.17, 15) is 9.59 Å². The van der Waals surface area contributed by atoms with Crippen molar-refractivity contribution in [1.82, 2.24) is 0 Å². The molecule has 0 bridgehead atoms. The summed E-state index contributed by atoms with van der Waals surface area (Å²) in [6.45, 7) is 3.68. The highest BCUT2D eigenvalue weighted by Gasteiger charge is 2.38. The van der Waals surface area contributed by atoms with Crippen LogP contribution in [0.4, 0.5) is 5.69 Å². The van der Waals surface area contributed by atoms with Crippen molar-refractivity contribution in [2.45, 2.75) is 13.8 Å². The summed E-state index contributed by atoms with van der Waals surface area (Å²) in [7, 11) is 1.58. The third-order valence-corrected chi connectivity index (χ3v) is 4.61. The number of halogens is 1. The minimum Gasteiger partial charge on any atom is -0.497 e. The van der Waals surface area contributed by atoms with Crippen LogP contribution in [0.2, 0.25) is 5.02 Å². The maximum absolute atomic E-state index is 13.2. The van der Waals surface area contributed by atoms with Crippen LogP contribution in [0.15, 0.2) is 65.4 Å². The van der Waals surface area contributed by atoms with E-state index in [0.29, 0.717) is 22.2 Å². The van der Waals surface area contributed by atoms with Crippen LogP contribution >= 0.6 is 11.6 Å². The van der Waals surface area contributed by atoms with E-state index < -0.39 is 5.97 Å². The van der Waals surface area contributed by atoms with Crippen LogP contribution in [0.5, 0.6) is 5.75 Å². The number of ether oxygens (including phenoxy) is 2. The third kappa shape index (κ3) is 3.80. The molecule has 144 valence electrons. The van der Waals surface area contributed by atoms with Crippen molar-refractivity contribution in [3.63, 3.8) is 0 Å². The van der Waals surface area contributed by atoms with Crippen molar-refractivity contribution >= 4 is 35.2 Å². The number of methoxy groups -OCH3 is 1. The van der Waals surface area contributed by atoms with Gasteiger partial charge in [-0.2, -0.15) is 0 Å². The molecule has 2 aromatic rings. The van der Waals surface area contributed by atoms with Crippen LogP contribution in [0.1, 0.15) is 19.4 Å². The van der Waals surface area contributed by atoms with E-state index in [1.807, 2.05) is 6.07 Å². The Bertz CT molecular complexity index is 976. The standard InChI is InChI=1S/C22H20ClNO4/c1-4-28-22(26)20-14(2)24(17-8-10-18(27-3)11-9-17)21(25)19(20)13-15-6-5-7-16(23)12-15/h5-13H,4H2,1-3H3/b19-13-. The maximum atomic E-state index is 13.2. The molecule has 1 heterocycles. The summed E-state index contributed by atoms with van der Waals surface area (Å²) in [4.78, 5) is 27.3. The van der Waals surface area contributed by atoms with E-state index >= 15 is 0 Å². The number of nitrogens with zero attached hydrogens (tertiary/aromatic N) is 1. The zero-order valence-electron chi connectivity index (χ0n) is 15.9. The van der Waals surface area contributed by atoms with E-state index in [1.165, 1.54) is 4.90 Å². The molecule has 28 heavy (non-hydrogen) atoms. The highest BCUT2D eigenvalue weighted by Crippen LogP contribution is 2.36. The Morgan fingerprint density at radius 1 is 1.18 bits per heavy atom. The lowest BCUT2D eigenvalue weighted by molar-refractivity contribution is -0.138. The monoisotopic (exact) mass is 397 g/mol. The van der Waals surface area contributed by atoms with Gasteiger partial charge in [-0.1, -0.05) is 23.7 Å². The van der Waals surface area contributed by atoms with E-state index in [2.05, 4.69) is 0 Å². The largest absolute Gasteiger partial charge is 0.497 e. The molecule has 0 atom stereocenters. The summed E-state index contributed by atoms with van der Waals surface area (Å²) in [5.41, 5.74) is 2.40. The molecule has 1 aliphatic rings. The molecule has 6 heteroatoms. The van der Waals surface area contributed by atoms with Crippen LogP contribution in [-0.2, 0) is 14.3 Å². The first kappa shape index (κ1) is 19.7. The number of hydrogen-bond acceptors (Lipinski definition) is 4. The molecule has 2 aromatic carbocycles. The van der Waals surface area contributed by atoms with E-state index in [-0.39, 0.29) is 23.7 Å². The second kappa shape index (κ2) is 8.31. The van der Waals surface area contributed by atoms with Gasteiger partial charge in [0.2, 0.25) is 0 Å². The second-order valence-corrected chi connectivity index (χ2v) is 6.57. The van der Waals surface area contributed by atoms with Crippen LogP contribution in [0.25, 0.3) is 6.08 Å². The molecule has 0 aromatic heterocycles. The number of carbonyl (C=O) groups excluding carboxylic acids is 2. The first-order chi connectivity index (χ1) is 13.5. The number of esters is 1. The summed E-state index contributed by atoms with van der Waals surface area (Å²) in [6.07, 6.45) is 1.66. The number of hydrogen-bond donors (Lipinski definition) is 0. The fourth-order valence-corrected chi connectivity index (χ4v) is 3.29. The molecule has 0 aliphatic carbocycles. The van der Waals surface area contributed by atoms with Crippen LogP contribution in [0.3, 0.4) is 0 Å². The summed E-state index contributed by atoms with van der Waals surface area (Å²) >= 11 is 6.06. The molecule has 0 unspecified atom stereocenters. The molecule has 5 nitrogen and oxygen atoms in total. The quantitative estimate of drug-likeness (QED) is 0.545. The van der Waals surface area contributed by atoms with Gasteiger partial charge in [0.15, 0.2) is 0 Å². The van der Waals surface area contributed by atoms with Crippen molar-refractivity contribution in [1.29, 1.82) is 0 Å². The molecule has 3 rings (SSSR count). The van der Waals surface area contributed by atoms with Crippen molar-refractivity contribution in [2.24, 2.45) is 0 Å². The van der Waals surface area contributed by atoms with Gasteiger partial charge in [0.1, 0.15) is 5.75 Å². The normalized spacial score (nSPS) is 15.4. The van der Waals surface area contributed by atoms with E-state index in [1.54, 1.807) is 69.5 Å². The molecule has 0 fully saturated rings. The van der Waals surface area contributed by atoms with Gasteiger partial charge < -0.3 is 9.47 Å². The zero-order valence-corrected chi connectivity index (χ0v) is 16.6. The highest BCUT2D eigenvalue weighted by atomic mass is 35.5. The summed E-state index contributed by atoms with van der Waals surface area (Å²) in [6, 6.07) is 14.2. The minimum atomic E-state index is -0.530. The molecule has 0 saturated heterocycles. The van der Waals surface area contributed by atoms with Crippen molar-refractivity contribution in [3.8, 4) is 5.75 Å². The molecule has 0 spiro atoms. The summed E-state index contributed by atoms with van der Waals surface area (Å²) in [5, 5.41) is 0.546. The molecule has 0 saturated carbocycles. The van der Waals surface area contributed by atoms with Gasteiger partial charge in [0.05, 0.1) is 24.9 Å². The summed E-state index contributed by atoms with van der Waals surface area (Å²) in [5.74, 6) is -0.152. The lowest BCUT2D eigenvalue weighted by Crippen LogP contribution is -2.24. The predicted octanol–water partition coefficient (Wildman–Crippen LogP) is 4.62. The van der Waals surface area contributed by atoms with Crippen LogP contribution < -0.4 is 9.64 Å². The lowest BCUT2D eigenvalue weighted by atomic mass is 10.0. The molecular weight excluding hydrogens is 378 g/mol. The molecule has 0 radical (unpaired) electrons. The average Bonchev–Trinajstić information content (AvgIpc) is 2.92. The smallest absolute Gasteiger partial charge is 0.340 e. The number of carbonyl (C=O) groups is 2. The fourth-order valence-electron chi connectivity index (χ4n) is 3.09. The van der Waals surface area contributed by atoms with Gasteiger partial charge in [-0.3, -0.25) is 9.69 Å². The van der Waals surface area contributed by atoms with E-state index in [0.717, 1.165) is 5.56 Å². The SMILES string of the molecule is CCOC(=O)C1=C(C)N(c2ccc(OC)cc2)C(=O)/C1=C\c1cccc(Cl)c1. The molecular formula is C22H20ClNO4. The molecule has 1 aliphatic heterocycles. The first-order valence-corrected chi connectivity index (χ1v) is 9.18. The topological polar surface area (TPSA) is 55.8 Å². The Kier molecular flexibility index (Phi) is 5.85. The fraction of sp³-hybridized carbons (Fsp3) is 0.182. The molecule has 1 amide bonds. The van der Waals surface area contributed by atoms with Crippen molar-refractivity contribution in [3.05, 3.63) is 76.0 Å². The Morgan fingerprint density at radius 2 is 1.89 bits per heavy atom. The Hall–Kier alpha value is -3.05. The van der Waals surface area contributed by atoms with Gasteiger partial charge in [-0.15, -0.1) is 0 Å². The number of anilines is 1. The first-order valence-electron chi connectivity index (χ1n) is 8.80. The highest BCUT2D eigenvalue weighted by molar-refractivity contribution is 6.30. The Labute approximate surface area is 168 Å².